The van der Waals surface area contributed by atoms with Crippen molar-refractivity contribution < 1.29 is 28.5 Å². The van der Waals surface area contributed by atoms with Crippen LogP contribution in [-0.2, 0) is 9.53 Å². The van der Waals surface area contributed by atoms with Crippen molar-refractivity contribution in [3.05, 3.63) is 53.1 Å². The highest BCUT2D eigenvalue weighted by Crippen LogP contribution is 2.47. The average molecular weight is 457 g/mol. The molecule has 8 heteroatoms. The fourth-order valence-electron chi connectivity index (χ4n) is 4.39. The van der Waals surface area contributed by atoms with E-state index in [0.717, 1.165) is 12.0 Å². The van der Waals surface area contributed by atoms with Crippen LogP contribution in [0.4, 0.5) is 0 Å². The lowest BCUT2D eigenvalue weighted by Crippen LogP contribution is -2.48. The number of carbonyl (C=O) groups is 2. The molecule has 178 valence electrons. The second kappa shape index (κ2) is 11.0. The first-order valence-electron chi connectivity index (χ1n) is 11.0. The van der Waals surface area contributed by atoms with Crippen LogP contribution in [-0.4, -0.2) is 64.8 Å². The molecule has 1 aliphatic heterocycles. The zero-order valence-electron chi connectivity index (χ0n) is 19.8. The van der Waals surface area contributed by atoms with E-state index in [-0.39, 0.29) is 11.8 Å². The van der Waals surface area contributed by atoms with Crippen molar-refractivity contribution >= 4 is 11.8 Å². The maximum atomic E-state index is 13.5. The third-order valence-corrected chi connectivity index (χ3v) is 5.82. The fourth-order valence-corrected chi connectivity index (χ4v) is 4.39. The SMILES string of the molecule is CCCN1C(=O)c2ccccc2[C@H](C(=O)NCCOC)[C@@H]1c1cc(OC)c(OC)c(OC)c1. The van der Waals surface area contributed by atoms with Crippen LogP contribution in [0.1, 0.15) is 46.8 Å². The Morgan fingerprint density at radius 2 is 1.70 bits per heavy atom. The number of hydrogen-bond acceptors (Lipinski definition) is 6. The van der Waals surface area contributed by atoms with Crippen molar-refractivity contribution in [3.63, 3.8) is 0 Å². The average Bonchev–Trinajstić information content (AvgIpc) is 2.84. The van der Waals surface area contributed by atoms with E-state index in [2.05, 4.69) is 5.32 Å². The molecule has 1 N–H and O–H groups in total. The molecule has 0 aromatic heterocycles. The monoisotopic (exact) mass is 456 g/mol. The molecular formula is C25H32N2O6. The number of methoxy groups -OCH3 is 4. The van der Waals surface area contributed by atoms with Crippen LogP contribution in [0.2, 0.25) is 0 Å². The molecule has 0 radical (unpaired) electrons. The van der Waals surface area contributed by atoms with Gasteiger partial charge < -0.3 is 29.2 Å². The Bertz CT molecular complexity index is 968. The molecule has 1 aliphatic rings. The van der Waals surface area contributed by atoms with Crippen LogP contribution in [0, 0.1) is 0 Å². The van der Waals surface area contributed by atoms with E-state index in [9.17, 15) is 9.59 Å². The summed E-state index contributed by atoms with van der Waals surface area (Å²) >= 11 is 0. The number of fused-ring (bicyclic) bond motifs is 1. The second-order valence-electron chi connectivity index (χ2n) is 7.75. The molecule has 33 heavy (non-hydrogen) atoms. The van der Waals surface area contributed by atoms with E-state index < -0.39 is 12.0 Å². The van der Waals surface area contributed by atoms with Gasteiger partial charge in [0.1, 0.15) is 0 Å². The number of carbonyl (C=O) groups excluding carboxylic acids is 2. The van der Waals surface area contributed by atoms with Crippen LogP contribution in [0.15, 0.2) is 36.4 Å². The fraction of sp³-hybridized carbons (Fsp3) is 0.440. The zero-order chi connectivity index (χ0) is 24.0. The molecule has 0 fully saturated rings. The first kappa shape index (κ1) is 24.4. The number of amides is 2. The van der Waals surface area contributed by atoms with E-state index >= 15 is 0 Å². The normalized spacial score (nSPS) is 17.4. The second-order valence-corrected chi connectivity index (χ2v) is 7.75. The van der Waals surface area contributed by atoms with Gasteiger partial charge in [0, 0.05) is 25.8 Å². The predicted octanol–water partition coefficient (Wildman–Crippen LogP) is 3.17. The van der Waals surface area contributed by atoms with Gasteiger partial charge in [0.15, 0.2) is 11.5 Å². The summed E-state index contributed by atoms with van der Waals surface area (Å²) < 4.78 is 21.7. The van der Waals surface area contributed by atoms with Gasteiger partial charge in [-0.2, -0.15) is 0 Å². The molecule has 0 saturated heterocycles. The standard InChI is InChI=1S/C25H32N2O6/c1-6-12-27-22(16-14-19(31-3)23(33-5)20(15-16)32-4)21(24(28)26-11-13-30-2)17-9-7-8-10-18(17)25(27)29/h7-10,14-15,21-22H,6,11-13H2,1-5H3,(H,26,28)/t21-,22-/m0/s1. The van der Waals surface area contributed by atoms with Crippen LogP contribution in [0.25, 0.3) is 0 Å². The first-order chi connectivity index (χ1) is 16.0. The van der Waals surface area contributed by atoms with Crippen LogP contribution < -0.4 is 19.5 Å². The van der Waals surface area contributed by atoms with Crippen molar-refractivity contribution in [1.29, 1.82) is 0 Å². The Kier molecular flexibility index (Phi) is 8.16. The zero-order valence-corrected chi connectivity index (χ0v) is 19.8. The van der Waals surface area contributed by atoms with E-state index in [1.54, 1.807) is 32.3 Å². The number of hydrogen-bond donors (Lipinski definition) is 1. The molecular weight excluding hydrogens is 424 g/mol. The first-order valence-corrected chi connectivity index (χ1v) is 11.0. The van der Waals surface area contributed by atoms with Gasteiger partial charge in [-0.1, -0.05) is 25.1 Å². The highest BCUT2D eigenvalue weighted by atomic mass is 16.5. The summed E-state index contributed by atoms with van der Waals surface area (Å²) in [4.78, 5) is 28.8. The highest BCUT2D eigenvalue weighted by molar-refractivity contribution is 6.01. The lowest BCUT2D eigenvalue weighted by molar-refractivity contribution is -0.124. The Hall–Kier alpha value is -3.26. The minimum atomic E-state index is -0.620. The van der Waals surface area contributed by atoms with E-state index in [1.807, 2.05) is 37.3 Å². The molecule has 2 atom stereocenters. The van der Waals surface area contributed by atoms with Crippen LogP contribution in [0.5, 0.6) is 17.2 Å². The maximum Gasteiger partial charge on any atom is 0.254 e. The molecule has 3 rings (SSSR count). The Morgan fingerprint density at radius 3 is 2.27 bits per heavy atom. The lowest BCUT2D eigenvalue weighted by atomic mass is 9.79. The summed E-state index contributed by atoms with van der Waals surface area (Å²) in [5, 5.41) is 2.96. The number of ether oxygens (including phenoxy) is 4. The topological polar surface area (TPSA) is 86.3 Å². The summed E-state index contributed by atoms with van der Waals surface area (Å²) in [6.07, 6.45) is 0.743. The Balaban J connectivity index is 2.21. The third-order valence-electron chi connectivity index (χ3n) is 5.82. The quantitative estimate of drug-likeness (QED) is 0.553. The number of rotatable bonds is 10. The van der Waals surface area contributed by atoms with E-state index in [1.165, 1.54) is 7.11 Å². The van der Waals surface area contributed by atoms with Gasteiger partial charge in [-0.15, -0.1) is 0 Å². The summed E-state index contributed by atoms with van der Waals surface area (Å²) in [5.41, 5.74) is 1.97. The molecule has 2 amide bonds. The lowest BCUT2D eigenvalue weighted by Gasteiger charge is -2.42. The molecule has 0 aliphatic carbocycles. The molecule has 2 aromatic carbocycles. The molecule has 0 saturated carbocycles. The Labute approximate surface area is 194 Å². The largest absolute Gasteiger partial charge is 0.493 e. The van der Waals surface area contributed by atoms with Gasteiger partial charge in [0.25, 0.3) is 5.91 Å². The highest BCUT2D eigenvalue weighted by Gasteiger charge is 2.44. The van der Waals surface area contributed by atoms with Crippen LogP contribution in [0.3, 0.4) is 0 Å². The summed E-state index contributed by atoms with van der Waals surface area (Å²) in [6, 6.07) is 10.4. The molecule has 0 spiro atoms. The summed E-state index contributed by atoms with van der Waals surface area (Å²) in [7, 11) is 6.21. The van der Waals surface area contributed by atoms with Gasteiger partial charge in [0.05, 0.1) is 39.9 Å². The van der Waals surface area contributed by atoms with Crippen molar-refractivity contribution in [2.24, 2.45) is 0 Å². The molecule has 8 nitrogen and oxygen atoms in total. The molecule has 1 heterocycles. The minimum absolute atomic E-state index is 0.104. The third kappa shape index (κ3) is 4.75. The van der Waals surface area contributed by atoms with E-state index in [4.69, 9.17) is 18.9 Å². The summed E-state index contributed by atoms with van der Waals surface area (Å²) in [6.45, 7) is 3.27. The van der Waals surface area contributed by atoms with E-state index in [0.29, 0.717) is 48.1 Å². The Morgan fingerprint density at radius 1 is 1.03 bits per heavy atom. The van der Waals surface area contributed by atoms with Gasteiger partial charge in [-0.3, -0.25) is 9.59 Å². The van der Waals surface area contributed by atoms with Crippen molar-refractivity contribution in [1.82, 2.24) is 10.2 Å². The van der Waals surface area contributed by atoms with Crippen molar-refractivity contribution in [3.8, 4) is 17.2 Å². The molecule has 2 aromatic rings. The molecule has 0 unspecified atom stereocenters. The van der Waals surface area contributed by atoms with Gasteiger partial charge in [0.2, 0.25) is 11.7 Å². The number of nitrogens with zero attached hydrogens (tertiary/aromatic N) is 1. The van der Waals surface area contributed by atoms with Gasteiger partial charge >= 0.3 is 0 Å². The summed E-state index contributed by atoms with van der Waals surface area (Å²) in [5.74, 6) is 0.486. The molecule has 0 bridgehead atoms. The van der Waals surface area contributed by atoms with Crippen LogP contribution >= 0.6 is 0 Å². The minimum Gasteiger partial charge on any atom is -0.493 e. The van der Waals surface area contributed by atoms with Gasteiger partial charge in [-0.05, 0) is 35.7 Å². The van der Waals surface area contributed by atoms with Crippen molar-refractivity contribution in [2.45, 2.75) is 25.3 Å². The van der Waals surface area contributed by atoms with Crippen molar-refractivity contribution in [2.75, 3.05) is 48.1 Å². The van der Waals surface area contributed by atoms with Gasteiger partial charge in [-0.25, -0.2) is 0 Å². The smallest absolute Gasteiger partial charge is 0.254 e. The maximum absolute atomic E-state index is 13.5. The number of nitrogens with one attached hydrogen (secondary N) is 1. The number of benzene rings is 2. The predicted molar refractivity (Wildman–Crippen MR) is 124 cm³/mol.